The highest BCUT2D eigenvalue weighted by molar-refractivity contribution is 7.89. The first-order valence-electron chi connectivity index (χ1n) is 8.14. The molecule has 2 N–H and O–H groups in total. The van der Waals surface area contributed by atoms with Crippen LogP contribution in [0.4, 0.5) is 0 Å². The van der Waals surface area contributed by atoms with Gasteiger partial charge in [-0.25, -0.2) is 13.1 Å². The van der Waals surface area contributed by atoms with Crippen LogP contribution >= 0.6 is 0 Å². The lowest BCUT2D eigenvalue weighted by Gasteiger charge is -2.26. The summed E-state index contributed by atoms with van der Waals surface area (Å²) < 4.78 is 38.1. The van der Waals surface area contributed by atoms with Gasteiger partial charge in [-0.3, -0.25) is 0 Å². The fraction of sp³-hybridized carbons (Fsp3) is 0.625. The summed E-state index contributed by atoms with van der Waals surface area (Å²) in [6.07, 6.45) is 4.71. The topological polar surface area (TPSA) is 84.9 Å². The SMILES string of the molecule is O=S(=O)(NCC(O)C1CCCCC1)c1ccc2c(c1)OCCO2. The van der Waals surface area contributed by atoms with Gasteiger partial charge in [-0.05, 0) is 30.9 Å². The Hall–Kier alpha value is -1.31. The van der Waals surface area contributed by atoms with Crippen molar-refractivity contribution in [3.8, 4) is 11.5 Å². The van der Waals surface area contributed by atoms with E-state index in [1.165, 1.54) is 18.6 Å². The van der Waals surface area contributed by atoms with Crippen LogP contribution in [0.15, 0.2) is 23.1 Å². The molecule has 0 bridgehead atoms. The highest BCUT2D eigenvalue weighted by Gasteiger charge is 2.25. The molecule has 128 valence electrons. The predicted octanol–water partition coefficient (Wildman–Crippen LogP) is 1.68. The number of aliphatic hydroxyl groups excluding tert-OH is 1. The Bertz CT molecular complexity index is 640. The van der Waals surface area contributed by atoms with Crippen LogP contribution in [0.1, 0.15) is 32.1 Å². The van der Waals surface area contributed by atoms with Crippen LogP contribution in [-0.4, -0.2) is 39.4 Å². The molecule has 0 saturated heterocycles. The molecule has 1 aromatic rings. The maximum atomic E-state index is 12.4. The summed E-state index contributed by atoms with van der Waals surface area (Å²) >= 11 is 0. The van der Waals surface area contributed by atoms with Crippen LogP contribution in [-0.2, 0) is 10.0 Å². The van der Waals surface area contributed by atoms with E-state index in [9.17, 15) is 13.5 Å². The summed E-state index contributed by atoms with van der Waals surface area (Å²) in [5, 5.41) is 10.2. The van der Waals surface area contributed by atoms with Crippen LogP contribution in [0.2, 0.25) is 0 Å². The average Bonchev–Trinajstić information content (AvgIpc) is 2.60. The summed E-state index contributed by atoms with van der Waals surface area (Å²) in [7, 11) is -3.67. The zero-order chi connectivity index (χ0) is 16.3. The van der Waals surface area contributed by atoms with Crippen molar-refractivity contribution in [1.82, 2.24) is 4.72 Å². The fourth-order valence-corrected chi connectivity index (χ4v) is 4.22. The monoisotopic (exact) mass is 341 g/mol. The van der Waals surface area contributed by atoms with Crippen molar-refractivity contribution in [2.75, 3.05) is 19.8 Å². The maximum absolute atomic E-state index is 12.4. The lowest BCUT2D eigenvalue weighted by Crippen LogP contribution is -2.37. The molecule has 0 radical (unpaired) electrons. The molecule has 1 fully saturated rings. The Morgan fingerprint density at radius 2 is 1.83 bits per heavy atom. The summed E-state index contributed by atoms with van der Waals surface area (Å²) in [4.78, 5) is 0.123. The number of hydrogen-bond acceptors (Lipinski definition) is 5. The molecule has 0 amide bonds. The molecule has 0 spiro atoms. The summed E-state index contributed by atoms with van der Waals surface area (Å²) in [6.45, 7) is 0.913. The van der Waals surface area contributed by atoms with Gasteiger partial charge in [0.15, 0.2) is 11.5 Å². The molecule has 1 saturated carbocycles. The minimum atomic E-state index is -3.67. The second-order valence-electron chi connectivity index (χ2n) is 6.12. The first kappa shape index (κ1) is 16.5. The molecule has 1 aromatic carbocycles. The number of sulfonamides is 1. The van der Waals surface area contributed by atoms with E-state index >= 15 is 0 Å². The van der Waals surface area contributed by atoms with Gasteiger partial charge in [0.1, 0.15) is 13.2 Å². The summed E-state index contributed by atoms with van der Waals surface area (Å²) in [5.74, 6) is 1.18. The van der Waals surface area contributed by atoms with E-state index in [0.29, 0.717) is 24.7 Å². The summed E-state index contributed by atoms with van der Waals surface area (Å²) in [5.41, 5.74) is 0. The van der Waals surface area contributed by atoms with Crippen molar-refractivity contribution in [1.29, 1.82) is 0 Å². The molecule has 1 aliphatic heterocycles. The first-order valence-corrected chi connectivity index (χ1v) is 9.62. The van der Waals surface area contributed by atoms with E-state index in [1.54, 1.807) is 6.07 Å². The molecular formula is C16H23NO5S. The second kappa shape index (κ2) is 7.07. The van der Waals surface area contributed by atoms with E-state index in [1.807, 2.05) is 0 Å². The molecular weight excluding hydrogens is 318 g/mol. The van der Waals surface area contributed by atoms with Crippen LogP contribution in [0.5, 0.6) is 11.5 Å². The molecule has 1 atom stereocenters. The number of aliphatic hydroxyl groups is 1. The molecule has 1 heterocycles. The van der Waals surface area contributed by atoms with Gasteiger partial charge in [-0.15, -0.1) is 0 Å². The minimum Gasteiger partial charge on any atom is -0.486 e. The van der Waals surface area contributed by atoms with Gasteiger partial charge in [0.05, 0.1) is 11.0 Å². The average molecular weight is 341 g/mol. The summed E-state index contributed by atoms with van der Waals surface area (Å²) in [6, 6.07) is 4.55. The fourth-order valence-electron chi connectivity index (χ4n) is 3.15. The van der Waals surface area contributed by atoms with Crippen LogP contribution in [0, 0.1) is 5.92 Å². The number of ether oxygens (including phenoxy) is 2. The van der Waals surface area contributed by atoms with Crippen molar-refractivity contribution in [2.45, 2.75) is 43.1 Å². The third kappa shape index (κ3) is 3.97. The third-order valence-corrected chi connectivity index (χ3v) is 5.92. The van der Waals surface area contributed by atoms with Gasteiger partial charge in [-0.2, -0.15) is 0 Å². The molecule has 0 aromatic heterocycles. The Kier molecular flexibility index (Phi) is 5.08. The van der Waals surface area contributed by atoms with Crippen molar-refractivity contribution in [3.63, 3.8) is 0 Å². The molecule has 3 rings (SSSR count). The Morgan fingerprint density at radius 1 is 1.13 bits per heavy atom. The normalized spacial score (nSPS) is 20.2. The second-order valence-corrected chi connectivity index (χ2v) is 7.89. The van der Waals surface area contributed by atoms with E-state index in [-0.39, 0.29) is 17.4 Å². The van der Waals surface area contributed by atoms with Gasteiger partial charge in [0, 0.05) is 12.6 Å². The zero-order valence-electron chi connectivity index (χ0n) is 13.0. The third-order valence-electron chi connectivity index (χ3n) is 4.50. The maximum Gasteiger partial charge on any atom is 0.240 e. The van der Waals surface area contributed by atoms with Crippen molar-refractivity contribution in [2.24, 2.45) is 5.92 Å². The highest BCUT2D eigenvalue weighted by atomic mass is 32.2. The smallest absolute Gasteiger partial charge is 0.240 e. The van der Waals surface area contributed by atoms with Crippen molar-refractivity contribution in [3.05, 3.63) is 18.2 Å². The molecule has 1 aliphatic carbocycles. The molecule has 1 unspecified atom stereocenters. The molecule has 6 nitrogen and oxygen atoms in total. The lowest BCUT2D eigenvalue weighted by atomic mass is 9.85. The largest absolute Gasteiger partial charge is 0.486 e. The molecule has 2 aliphatic rings. The quantitative estimate of drug-likeness (QED) is 0.851. The van der Waals surface area contributed by atoms with Gasteiger partial charge < -0.3 is 14.6 Å². The van der Waals surface area contributed by atoms with E-state index in [4.69, 9.17) is 9.47 Å². The van der Waals surface area contributed by atoms with Crippen LogP contribution < -0.4 is 14.2 Å². The van der Waals surface area contributed by atoms with Gasteiger partial charge in [0.25, 0.3) is 0 Å². The predicted molar refractivity (Wildman–Crippen MR) is 85.2 cm³/mol. The van der Waals surface area contributed by atoms with E-state index in [2.05, 4.69) is 4.72 Å². The number of rotatable bonds is 5. The number of fused-ring (bicyclic) bond motifs is 1. The van der Waals surface area contributed by atoms with Crippen molar-refractivity contribution >= 4 is 10.0 Å². The Balaban J connectivity index is 1.64. The standard InChI is InChI=1S/C16H23NO5S/c18-14(12-4-2-1-3-5-12)11-17-23(19,20)13-6-7-15-16(10-13)22-9-8-21-15/h6-7,10,12,14,17-18H,1-5,8-9,11H2. The Labute approximate surface area is 136 Å². The van der Waals surface area contributed by atoms with Crippen LogP contribution in [0.25, 0.3) is 0 Å². The lowest BCUT2D eigenvalue weighted by molar-refractivity contribution is 0.0888. The number of nitrogens with one attached hydrogen (secondary N) is 1. The molecule has 7 heteroatoms. The minimum absolute atomic E-state index is 0.0431. The Morgan fingerprint density at radius 3 is 2.57 bits per heavy atom. The molecule has 23 heavy (non-hydrogen) atoms. The van der Waals surface area contributed by atoms with Gasteiger partial charge >= 0.3 is 0 Å². The zero-order valence-corrected chi connectivity index (χ0v) is 13.8. The highest BCUT2D eigenvalue weighted by Crippen LogP contribution is 2.32. The first-order chi connectivity index (χ1) is 11.1. The van der Waals surface area contributed by atoms with Gasteiger partial charge in [0.2, 0.25) is 10.0 Å². The van der Waals surface area contributed by atoms with E-state index < -0.39 is 16.1 Å². The van der Waals surface area contributed by atoms with Crippen molar-refractivity contribution < 1.29 is 23.0 Å². The van der Waals surface area contributed by atoms with Gasteiger partial charge in [-0.1, -0.05) is 19.3 Å². The number of benzene rings is 1. The number of hydrogen-bond donors (Lipinski definition) is 2. The van der Waals surface area contributed by atoms with Crippen LogP contribution in [0.3, 0.4) is 0 Å². The van der Waals surface area contributed by atoms with E-state index in [0.717, 1.165) is 25.7 Å².